The maximum absolute atomic E-state index is 11.2. The van der Waals surface area contributed by atoms with Gasteiger partial charge in [-0.05, 0) is 27.1 Å². The van der Waals surface area contributed by atoms with E-state index in [1.54, 1.807) is 0 Å². The molecule has 1 N–H and O–H groups in total. The van der Waals surface area contributed by atoms with Crippen molar-refractivity contribution in [3.8, 4) is 0 Å². The van der Waals surface area contributed by atoms with E-state index in [1.165, 1.54) is 14.1 Å². The summed E-state index contributed by atoms with van der Waals surface area (Å²) in [7, 11) is -1.70. The molecule has 76 valence electrons. The molecule has 0 aromatic carbocycles. The molecule has 0 radical (unpaired) electrons. The maximum atomic E-state index is 11.2. The van der Waals surface area contributed by atoms with Crippen LogP contribution in [0.2, 0.25) is 0 Å². The van der Waals surface area contributed by atoms with E-state index < -0.39 is 20.8 Å². The van der Waals surface area contributed by atoms with Crippen LogP contribution in [0.5, 0.6) is 0 Å². The first kappa shape index (κ1) is 12.3. The first-order valence-electron chi connectivity index (χ1n) is 3.49. The minimum absolute atomic E-state index is 0.764. The molecule has 0 saturated carbocycles. The predicted octanol–water partition coefficient (Wildman–Crippen LogP) is -0.0929. The lowest BCUT2D eigenvalue weighted by molar-refractivity contribution is -0.120. The third kappa shape index (κ3) is 1.96. The lowest BCUT2D eigenvalue weighted by atomic mass is 10.2. The molecule has 0 saturated heterocycles. The average molecular weight is 207 g/mol. The van der Waals surface area contributed by atoms with Crippen LogP contribution in [-0.4, -0.2) is 42.6 Å². The van der Waals surface area contributed by atoms with Gasteiger partial charge < -0.3 is 0 Å². The van der Waals surface area contributed by atoms with E-state index >= 15 is 0 Å². The number of nitrogens with zero attached hydrogens (tertiary/aromatic N) is 1. The molecule has 0 rings (SSSR count). The molecular weight excluding hydrogens is 194 g/mol. The highest BCUT2D eigenvalue weighted by atomic mass is 32.2. The lowest BCUT2D eigenvalue weighted by Crippen LogP contribution is -2.53. The number of rotatable bonds is 4. The van der Waals surface area contributed by atoms with Crippen molar-refractivity contribution in [2.45, 2.75) is 11.8 Å². The van der Waals surface area contributed by atoms with Gasteiger partial charge in [0, 0.05) is 0 Å². The van der Waals surface area contributed by atoms with Gasteiger partial charge in [0.25, 0.3) is 10.1 Å². The zero-order valence-electron chi connectivity index (χ0n) is 7.81. The summed E-state index contributed by atoms with van der Waals surface area (Å²) in [5.74, 6) is -0.764. The van der Waals surface area contributed by atoms with Crippen molar-refractivity contribution in [1.82, 2.24) is 4.90 Å². The van der Waals surface area contributed by atoms with Crippen LogP contribution in [0.1, 0.15) is 6.92 Å². The summed E-state index contributed by atoms with van der Waals surface area (Å²) in [4.78, 5) is 10.4. The second-order valence-electron chi connectivity index (χ2n) is 2.92. The van der Waals surface area contributed by atoms with Crippen LogP contribution in [-0.2, 0) is 14.9 Å². The number of likely N-dealkylation sites (N-methyl/N-ethyl adjacent to an activating group) is 1. The molecule has 0 fully saturated rings. The van der Waals surface area contributed by atoms with Crippen molar-refractivity contribution >= 4 is 15.9 Å². The molecule has 0 spiro atoms. The largest absolute Gasteiger partial charge is 0.291 e. The van der Waals surface area contributed by atoms with Gasteiger partial charge >= 0.3 is 0 Å². The van der Waals surface area contributed by atoms with Gasteiger partial charge in [-0.1, -0.05) is 6.58 Å². The molecule has 6 heteroatoms. The van der Waals surface area contributed by atoms with E-state index in [-0.39, 0.29) is 0 Å². The summed E-state index contributed by atoms with van der Waals surface area (Å²) in [6.07, 6.45) is 0.869. The smallest absolute Gasteiger partial charge is 0.291 e. The van der Waals surface area contributed by atoms with E-state index in [4.69, 9.17) is 4.55 Å². The van der Waals surface area contributed by atoms with Crippen LogP contribution in [0, 0.1) is 0 Å². The number of hydrogen-bond donors (Lipinski definition) is 1. The first-order chi connectivity index (χ1) is 5.67. The average Bonchev–Trinajstić information content (AvgIpc) is 1.98. The minimum Gasteiger partial charge on any atom is -0.291 e. The number of carbonyl (C=O) groups excluding carboxylic acids is 1. The van der Waals surface area contributed by atoms with Gasteiger partial charge in [0.05, 0.1) is 0 Å². The molecule has 5 nitrogen and oxygen atoms in total. The van der Waals surface area contributed by atoms with E-state index in [2.05, 4.69) is 6.58 Å². The van der Waals surface area contributed by atoms with Crippen LogP contribution in [0.4, 0.5) is 0 Å². The highest BCUT2D eigenvalue weighted by Crippen LogP contribution is 2.20. The molecule has 0 aliphatic rings. The maximum Gasteiger partial charge on any atom is 0.291 e. The van der Waals surface area contributed by atoms with Gasteiger partial charge in [0.1, 0.15) is 0 Å². The van der Waals surface area contributed by atoms with Gasteiger partial charge in [-0.3, -0.25) is 14.2 Å². The molecular formula is C7H13NO4S. The summed E-state index contributed by atoms with van der Waals surface area (Å²) in [5, 5.41) is 0. The zero-order chi connectivity index (χ0) is 10.9. The Morgan fingerprint density at radius 3 is 2.00 bits per heavy atom. The Balaban J connectivity index is 5.47. The third-order valence-corrected chi connectivity index (χ3v) is 3.57. The molecule has 0 bridgehead atoms. The molecule has 0 amide bonds. The fourth-order valence-corrected chi connectivity index (χ4v) is 1.57. The van der Waals surface area contributed by atoms with Crippen LogP contribution < -0.4 is 0 Å². The SMILES string of the molecule is C=CC(=O)C(C)(N(C)C)S(=O)(=O)O. The van der Waals surface area contributed by atoms with Gasteiger partial charge in [-0.2, -0.15) is 8.42 Å². The van der Waals surface area contributed by atoms with Crippen molar-refractivity contribution in [2.75, 3.05) is 14.1 Å². The monoisotopic (exact) mass is 207 g/mol. The number of ketones is 1. The summed E-state index contributed by atoms with van der Waals surface area (Å²) in [6, 6.07) is 0. The van der Waals surface area contributed by atoms with Crippen molar-refractivity contribution in [3.05, 3.63) is 12.7 Å². The Bertz CT molecular complexity index is 319. The Kier molecular flexibility index (Phi) is 3.37. The summed E-state index contributed by atoms with van der Waals surface area (Å²) >= 11 is 0. The van der Waals surface area contributed by atoms with Crippen molar-refractivity contribution in [2.24, 2.45) is 0 Å². The Hall–Kier alpha value is -0.720. The van der Waals surface area contributed by atoms with E-state index in [1.807, 2.05) is 0 Å². The Labute approximate surface area is 77.8 Å². The molecule has 0 aliphatic heterocycles. The quantitative estimate of drug-likeness (QED) is 0.515. The molecule has 0 aromatic rings. The van der Waals surface area contributed by atoms with Crippen molar-refractivity contribution in [1.29, 1.82) is 0 Å². The van der Waals surface area contributed by atoms with Gasteiger partial charge in [0.15, 0.2) is 5.78 Å². The molecule has 1 atom stereocenters. The van der Waals surface area contributed by atoms with Gasteiger partial charge in [-0.15, -0.1) is 0 Å². The third-order valence-electron chi connectivity index (χ3n) is 2.00. The standard InChI is InChI=1S/C7H13NO4S/c1-5-6(9)7(2,8(3)4)13(10,11)12/h5H,1H2,2-4H3,(H,10,11,12). The molecule has 13 heavy (non-hydrogen) atoms. The second kappa shape index (κ2) is 3.57. The summed E-state index contributed by atoms with van der Waals surface area (Å²) < 4.78 is 30.8. The second-order valence-corrected chi connectivity index (χ2v) is 4.67. The summed E-state index contributed by atoms with van der Waals surface area (Å²) in [6.45, 7) is 4.29. The van der Waals surface area contributed by atoms with E-state index in [9.17, 15) is 13.2 Å². The van der Waals surface area contributed by atoms with Crippen LogP contribution in [0.15, 0.2) is 12.7 Å². The summed E-state index contributed by atoms with van der Waals surface area (Å²) in [5.41, 5.74) is 0. The highest BCUT2D eigenvalue weighted by molar-refractivity contribution is 7.88. The number of hydrogen-bond acceptors (Lipinski definition) is 4. The topological polar surface area (TPSA) is 74.7 Å². The van der Waals surface area contributed by atoms with E-state index in [0.717, 1.165) is 17.9 Å². The van der Waals surface area contributed by atoms with Crippen LogP contribution in [0.3, 0.4) is 0 Å². The Morgan fingerprint density at radius 1 is 1.54 bits per heavy atom. The fourth-order valence-electron chi connectivity index (χ4n) is 0.768. The lowest BCUT2D eigenvalue weighted by Gasteiger charge is -2.30. The van der Waals surface area contributed by atoms with Crippen LogP contribution >= 0.6 is 0 Å². The van der Waals surface area contributed by atoms with E-state index in [0.29, 0.717) is 0 Å². The van der Waals surface area contributed by atoms with Gasteiger partial charge in [-0.25, -0.2) is 0 Å². The minimum atomic E-state index is -4.47. The first-order valence-corrected chi connectivity index (χ1v) is 4.93. The van der Waals surface area contributed by atoms with Crippen LogP contribution in [0.25, 0.3) is 0 Å². The normalized spacial score (nSPS) is 16.7. The molecule has 1 unspecified atom stereocenters. The molecule has 0 aliphatic carbocycles. The molecule has 0 aromatic heterocycles. The fraction of sp³-hybridized carbons (Fsp3) is 0.571. The van der Waals surface area contributed by atoms with Crippen molar-refractivity contribution < 1.29 is 17.8 Å². The highest BCUT2D eigenvalue weighted by Gasteiger charge is 2.46. The number of carbonyl (C=O) groups is 1. The Morgan fingerprint density at radius 2 is 1.92 bits per heavy atom. The molecule has 0 heterocycles. The zero-order valence-corrected chi connectivity index (χ0v) is 8.63. The predicted molar refractivity (Wildman–Crippen MR) is 48.8 cm³/mol. The van der Waals surface area contributed by atoms with Gasteiger partial charge in [0.2, 0.25) is 4.87 Å². The van der Waals surface area contributed by atoms with Crippen molar-refractivity contribution in [3.63, 3.8) is 0 Å².